The number of pyridine rings is 1. The van der Waals surface area contributed by atoms with E-state index in [4.69, 9.17) is 27.4 Å². The average Bonchev–Trinajstić information content (AvgIpc) is 3.00. The summed E-state index contributed by atoms with van der Waals surface area (Å²) in [6, 6.07) is 6.91. The Hall–Kier alpha value is -2.96. The number of amides is 1. The Morgan fingerprint density at radius 3 is 2.56 bits per heavy atom. The molecule has 1 aromatic heterocycles. The molecule has 2 aromatic rings. The Morgan fingerprint density at radius 2 is 1.92 bits per heavy atom. The zero-order chi connectivity index (χ0) is 26.1. The molecule has 194 valence electrons. The number of nitrogens with zero attached hydrogens (tertiary/aromatic N) is 4. The first-order valence-corrected chi connectivity index (χ1v) is 11.9. The van der Waals surface area contributed by atoms with Crippen LogP contribution in [0, 0.1) is 0 Å². The van der Waals surface area contributed by atoms with Gasteiger partial charge < -0.3 is 20.1 Å². The van der Waals surface area contributed by atoms with Crippen LogP contribution in [0.15, 0.2) is 36.5 Å². The van der Waals surface area contributed by atoms with Crippen molar-refractivity contribution >= 4 is 34.6 Å². The number of hydrogen-bond donors (Lipinski definition) is 1. The van der Waals surface area contributed by atoms with E-state index in [1.807, 2.05) is 6.07 Å². The van der Waals surface area contributed by atoms with E-state index in [0.29, 0.717) is 12.5 Å². The maximum Gasteiger partial charge on any atom is 0.418 e. The Balaban J connectivity index is 1.44. The number of anilines is 2. The molecule has 0 spiro atoms. The van der Waals surface area contributed by atoms with Crippen molar-refractivity contribution in [3.05, 3.63) is 47.7 Å². The van der Waals surface area contributed by atoms with Gasteiger partial charge in [0, 0.05) is 44.1 Å². The highest BCUT2D eigenvalue weighted by Crippen LogP contribution is 2.39. The van der Waals surface area contributed by atoms with E-state index in [0.717, 1.165) is 55.4 Å². The molecule has 1 aromatic carbocycles. The maximum atomic E-state index is 13.4. The summed E-state index contributed by atoms with van der Waals surface area (Å²) in [7, 11) is 0. The van der Waals surface area contributed by atoms with Crippen molar-refractivity contribution in [2.75, 3.05) is 50.1 Å². The standard InChI is InChI=1S/C24H28F3N5O3S/c1-23(2)21(33)32(17-4-5-19(28)18(13-17)24(25,26)27)22(36)31(23)15-16-3-6-20(29-14-16)35-12-9-30-7-10-34-11-8-30/h3-6,13-14H,7-12,15,28H2,1-2H3. The number of nitrogen functional groups attached to an aromatic ring is 1. The molecule has 1 amide bonds. The monoisotopic (exact) mass is 523 g/mol. The Kier molecular flexibility index (Phi) is 7.39. The number of alkyl halides is 3. The van der Waals surface area contributed by atoms with Crippen LogP contribution in [0.1, 0.15) is 25.0 Å². The largest absolute Gasteiger partial charge is 0.476 e. The molecule has 0 atom stereocenters. The van der Waals surface area contributed by atoms with E-state index in [1.165, 1.54) is 6.07 Å². The molecule has 3 heterocycles. The first kappa shape index (κ1) is 26.1. The number of halogens is 3. The van der Waals surface area contributed by atoms with Gasteiger partial charge in [-0.2, -0.15) is 13.2 Å². The minimum Gasteiger partial charge on any atom is -0.476 e. The number of rotatable bonds is 7. The van der Waals surface area contributed by atoms with E-state index in [2.05, 4.69) is 9.88 Å². The minimum absolute atomic E-state index is 0.0178. The summed E-state index contributed by atoms with van der Waals surface area (Å²) in [5.74, 6) is 0.0518. The molecule has 0 radical (unpaired) electrons. The molecule has 4 rings (SSSR count). The van der Waals surface area contributed by atoms with Crippen LogP contribution < -0.4 is 15.4 Å². The smallest absolute Gasteiger partial charge is 0.418 e. The summed E-state index contributed by atoms with van der Waals surface area (Å²) in [5.41, 5.74) is 3.79. The van der Waals surface area contributed by atoms with Crippen LogP contribution in [0.3, 0.4) is 0 Å². The molecule has 2 fully saturated rings. The second-order valence-electron chi connectivity index (χ2n) is 9.14. The maximum absolute atomic E-state index is 13.4. The number of carbonyl (C=O) groups is 1. The molecule has 0 bridgehead atoms. The molecule has 36 heavy (non-hydrogen) atoms. The highest BCUT2D eigenvalue weighted by atomic mass is 32.1. The lowest BCUT2D eigenvalue weighted by Crippen LogP contribution is -2.43. The Morgan fingerprint density at radius 1 is 1.19 bits per heavy atom. The third-order valence-corrected chi connectivity index (χ3v) is 6.73. The minimum atomic E-state index is -4.66. The van der Waals surface area contributed by atoms with E-state index < -0.39 is 28.9 Å². The second kappa shape index (κ2) is 10.2. The summed E-state index contributed by atoms with van der Waals surface area (Å²) < 4.78 is 51.2. The molecule has 2 aliphatic rings. The lowest BCUT2D eigenvalue weighted by atomic mass is 10.0. The lowest BCUT2D eigenvalue weighted by molar-refractivity contribution is -0.137. The summed E-state index contributed by atoms with van der Waals surface area (Å²) in [6.45, 7) is 8.10. The van der Waals surface area contributed by atoms with Gasteiger partial charge in [-0.25, -0.2) is 4.98 Å². The van der Waals surface area contributed by atoms with Gasteiger partial charge in [-0.05, 0) is 49.8 Å². The molecule has 0 aliphatic carbocycles. The van der Waals surface area contributed by atoms with Crippen LogP contribution >= 0.6 is 12.2 Å². The number of hydrogen-bond acceptors (Lipinski definition) is 7. The van der Waals surface area contributed by atoms with Gasteiger partial charge in [-0.3, -0.25) is 14.6 Å². The van der Waals surface area contributed by atoms with E-state index in [-0.39, 0.29) is 17.3 Å². The van der Waals surface area contributed by atoms with Crippen molar-refractivity contribution in [3.63, 3.8) is 0 Å². The van der Waals surface area contributed by atoms with Crippen LogP contribution in [0.4, 0.5) is 24.5 Å². The van der Waals surface area contributed by atoms with Crippen LogP contribution in [-0.2, 0) is 22.3 Å². The predicted octanol–water partition coefficient (Wildman–Crippen LogP) is 3.31. The fraction of sp³-hybridized carbons (Fsp3) is 0.458. The Labute approximate surface area is 212 Å². The topological polar surface area (TPSA) is 84.2 Å². The molecule has 8 nitrogen and oxygen atoms in total. The number of thiocarbonyl (C=S) groups is 1. The van der Waals surface area contributed by atoms with Gasteiger partial charge in [0.25, 0.3) is 5.91 Å². The van der Waals surface area contributed by atoms with Gasteiger partial charge in [0.05, 0.1) is 24.5 Å². The zero-order valence-corrected chi connectivity index (χ0v) is 20.9. The molecule has 2 aliphatic heterocycles. The van der Waals surface area contributed by atoms with E-state index in [1.54, 1.807) is 31.0 Å². The fourth-order valence-electron chi connectivity index (χ4n) is 4.13. The summed E-state index contributed by atoms with van der Waals surface area (Å²) in [4.78, 5) is 22.6. The van der Waals surface area contributed by atoms with Gasteiger partial charge in [-0.15, -0.1) is 0 Å². The number of carbonyl (C=O) groups excluding carboxylic acids is 1. The van der Waals surface area contributed by atoms with E-state index >= 15 is 0 Å². The first-order chi connectivity index (χ1) is 17.0. The van der Waals surface area contributed by atoms with Crippen molar-refractivity contribution in [1.82, 2.24) is 14.8 Å². The highest BCUT2D eigenvalue weighted by Gasteiger charge is 2.49. The van der Waals surface area contributed by atoms with Crippen molar-refractivity contribution in [3.8, 4) is 5.88 Å². The van der Waals surface area contributed by atoms with Crippen molar-refractivity contribution in [2.45, 2.75) is 32.1 Å². The molecular weight excluding hydrogens is 495 g/mol. The molecule has 0 unspecified atom stereocenters. The van der Waals surface area contributed by atoms with E-state index in [9.17, 15) is 18.0 Å². The van der Waals surface area contributed by atoms with Crippen molar-refractivity contribution < 1.29 is 27.4 Å². The second-order valence-corrected chi connectivity index (χ2v) is 9.51. The molecule has 2 saturated heterocycles. The summed E-state index contributed by atoms with van der Waals surface area (Å²) in [5, 5.41) is 0.105. The van der Waals surface area contributed by atoms with Crippen LogP contribution in [0.2, 0.25) is 0 Å². The molecular formula is C24H28F3N5O3S. The van der Waals surface area contributed by atoms with Crippen molar-refractivity contribution in [1.29, 1.82) is 0 Å². The first-order valence-electron chi connectivity index (χ1n) is 11.5. The van der Waals surface area contributed by atoms with Crippen LogP contribution in [-0.4, -0.2) is 70.8 Å². The van der Waals surface area contributed by atoms with Gasteiger partial charge in [0.2, 0.25) is 5.88 Å². The lowest BCUT2D eigenvalue weighted by Gasteiger charge is -2.29. The fourth-order valence-corrected chi connectivity index (χ4v) is 4.62. The number of benzene rings is 1. The SMILES string of the molecule is CC1(C)C(=O)N(c2ccc(N)c(C(F)(F)F)c2)C(=S)N1Cc1ccc(OCCN2CCOCC2)nc1. The average molecular weight is 524 g/mol. The number of morpholine rings is 1. The number of nitrogens with two attached hydrogens (primary N) is 1. The predicted molar refractivity (Wildman–Crippen MR) is 133 cm³/mol. The van der Waals surface area contributed by atoms with Gasteiger partial charge >= 0.3 is 6.18 Å². The number of aromatic nitrogens is 1. The quantitative estimate of drug-likeness (QED) is 0.437. The van der Waals surface area contributed by atoms with Gasteiger partial charge in [0.15, 0.2) is 5.11 Å². The van der Waals surface area contributed by atoms with Crippen molar-refractivity contribution in [2.24, 2.45) is 0 Å². The molecule has 2 N–H and O–H groups in total. The Bertz CT molecular complexity index is 1120. The number of ether oxygens (including phenoxy) is 2. The zero-order valence-electron chi connectivity index (χ0n) is 20.0. The normalized spacial score (nSPS) is 18.7. The van der Waals surface area contributed by atoms with Crippen LogP contribution in [0.5, 0.6) is 5.88 Å². The van der Waals surface area contributed by atoms with Gasteiger partial charge in [0.1, 0.15) is 12.1 Å². The third-order valence-electron chi connectivity index (χ3n) is 6.32. The highest BCUT2D eigenvalue weighted by molar-refractivity contribution is 7.80. The molecule has 0 saturated carbocycles. The van der Waals surface area contributed by atoms with Gasteiger partial charge in [-0.1, -0.05) is 6.07 Å². The third kappa shape index (κ3) is 5.40. The van der Waals surface area contributed by atoms with Crippen LogP contribution in [0.25, 0.3) is 0 Å². The summed E-state index contributed by atoms with van der Waals surface area (Å²) in [6.07, 6.45) is -3.02. The summed E-state index contributed by atoms with van der Waals surface area (Å²) >= 11 is 5.54. The molecule has 12 heteroatoms.